The molecule has 0 unspecified atom stereocenters. The largest absolute Gasteiger partial charge is 0.477 e. The lowest BCUT2D eigenvalue weighted by Crippen LogP contribution is -2.30. The summed E-state index contributed by atoms with van der Waals surface area (Å²) in [5.41, 5.74) is 1.78. The maximum Gasteiger partial charge on any atom is 0.310 e. The summed E-state index contributed by atoms with van der Waals surface area (Å²) in [6, 6.07) is 15.7. The zero-order valence-corrected chi connectivity index (χ0v) is 14.4. The highest BCUT2D eigenvalue weighted by Crippen LogP contribution is 2.25. The second-order valence-electron chi connectivity index (χ2n) is 5.74. The Morgan fingerprint density at radius 2 is 1.89 bits per heavy atom. The minimum atomic E-state index is -0.544. The monoisotopic (exact) mass is 366 g/mol. The molecule has 0 bridgehead atoms. The lowest BCUT2D eigenvalue weighted by Gasteiger charge is -2.07. The second-order valence-corrected chi connectivity index (χ2v) is 5.74. The first kappa shape index (κ1) is 18.1. The lowest BCUT2D eigenvalue weighted by atomic mass is 10.2. The van der Waals surface area contributed by atoms with Gasteiger partial charge in [0.15, 0.2) is 12.4 Å². The van der Waals surface area contributed by atoms with Crippen molar-refractivity contribution >= 4 is 11.6 Å². The van der Waals surface area contributed by atoms with Gasteiger partial charge in [-0.3, -0.25) is 14.9 Å². The second kappa shape index (κ2) is 8.61. The molecule has 3 aromatic rings. The average molecular weight is 366 g/mol. The van der Waals surface area contributed by atoms with Crippen molar-refractivity contribution in [2.45, 2.75) is 6.42 Å². The van der Waals surface area contributed by atoms with Gasteiger partial charge in [0, 0.05) is 18.8 Å². The van der Waals surface area contributed by atoms with Gasteiger partial charge in [0.2, 0.25) is 0 Å². The minimum absolute atomic E-state index is 0.0711. The van der Waals surface area contributed by atoms with E-state index in [1.807, 2.05) is 36.5 Å². The van der Waals surface area contributed by atoms with Crippen LogP contribution in [0.3, 0.4) is 0 Å². The topological polar surface area (TPSA) is 99.3 Å². The number of amides is 1. The molecule has 0 atom stereocenters. The predicted octanol–water partition coefficient (Wildman–Crippen LogP) is 2.52. The predicted molar refractivity (Wildman–Crippen MR) is 98.9 cm³/mol. The van der Waals surface area contributed by atoms with Crippen LogP contribution in [0.5, 0.6) is 5.75 Å². The van der Waals surface area contributed by atoms with Gasteiger partial charge in [-0.05, 0) is 30.2 Å². The Hall–Kier alpha value is -3.68. The van der Waals surface area contributed by atoms with Gasteiger partial charge in [-0.25, -0.2) is 4.68 Å². The molecule has 1 amide bonds. The van der Waals surface area contributed by atoms with Crippen molar-refractivity contribution in [2.75, 3.05) is 13.2 Å². The number of rotatable bonds is 8. The molecule has 2 aromatic carbocycles. The molecule has 8 heteroatoms. The van der Waals surface area contributed by atoms with Gasteiger partial charge in [0.05, 0.1) is 16.8 Å². The molecular formula is C19H18N4O4. The molecule has 0 spiro atoms. The number of aromatic nitrogens is 2. The van der Waals surface area contributed by atoms with Gasteiger partial charge in [-0.1, -0.05) is 30.3 Å². The SMILES string of the molecule is O=C(COc1ccccc1[N+](=O)[O-])NCCc1cnn(-c2ccccc2)c1. The van der Waals surface area contributed by atoms with E-state index >= 15 is 0 Å². The molecule has 138 valence electrons. The number of nitrogens with zero attached hydrogens (tertiary/aromatic N) is 3. The van der Waals surface area contributed by atoms with Crippen molar-refractivity contribution in [3.8, 4) is 11.4 Å². The summed E-state index contributed by atoms with van der Waals surface area (Å²) in [5.74, 6) is -0.273. The maximum atomic E-state index is 11.9. The molecule has 0 aliphatic carbocycles. The van der Waals surface area contributed by atoms with Gasteiger partial charge in [-0.15, -0.1) is 0 Å². The molecule has 1 N–H and O–H groups in total. The number of benzene rings is 2. The fourth-order valence-corrected chi connectivity index (χ4v) is 2.48. The summed E-state index contributed by atoms with van der Waals surface area (Å²) in [7, 11) is 0. The van der Waals surface area contributed by atoms with E-state index in [0.717, 1.165) is 11.3 Å². The Balaban J connectivity index is 1.45. The van der Waals surface area contributed by atoms with Crippen LogP contribution in [-0.4, -0.2) is 33.8 Å². The van der Waals surface area contributed by atoms with Crippen molar-refractivity contribution in [3.05, 3.63) is 82.7 Å². The van der Waals surface area contributed by atoms with Crippen LogP contribution in [0, 0.1) is 10.1 Å². The van der Waals surface area contributed by atoms with Gasteiger partial charge < -0.3 is 10.1 Å². The Labute approximate surface area is 155 Å². The number of hydrogen-bond donors (Lipinski definition) is 1. The van der Waals surface area contributed by atoms with Crippen molar-refractivity contribution in [1.82, 2.24) is 15.1 Å². The molecule has 0 saturated heterocycles. The van der Waals surface area contributed by atoms with Gasteiger partial charge in [-0.2, -0.15) is 5.10 Å². The highest BCUT2D eigenvalue weighted by atomic mass is 16.6. The average Bonchev–Trinajstić information content (AvgIpc) is 3.16. The van der Waals surface area contributed by atoms with E-state index in [2.05, 4.69) is 10.4 Å². The number of ether oxygens (including phenoxy) is 1. The van der Waals surface area contributed by atoms with Crippen LogP contribution in [0.25, 0.3) is 5.69 Å². The van der Waals surface area contributed by atoms with Crippen LogP contribution in [0.1, 0.15) is 5.56 Å². The summed E-state index contributed by atoms with van der Waals surface area (Å²) >= 11 is 0. The Morgan fingerprint density at radius 1 is 1.15 bits per heavy atom. The first-order valence-corrected chi connectivity index (χ1v) is 8.35. The standard InChI is InChI=1S/C19H18N4O4/c24-19(14-27-18-9-5-4-8-17(18)23(25)26)20-11-10-15-12-21-22(13-15)16-6-2-1-3-7-16/h1-9,12-13H,10-11,14H2,(H,20,24). The van der Waals surface area contributed by atoms with Crippen LogP contribution >= 0.6 is 0 Å². The number of carbonyl (C=O) groups is 1. The third-order valence-corrected chi connectivity index (χ3v) is 3.81. The number of nitrogens with one attached hydrogen (secondary N) is 1. The van der Waals surface area contributed by atoms with Crippen LogP contribution in [0.2, 0.25) is 0 Å². The first-order chi connectivity index (χ1) is 13.1. The molecule has 0 aliphatic heterocycles. The van der Waals surface area contributed by atoms with E-state index in [1.165, 1.54) is 12.1 Å². The van der Waals surface area contributed by atoms with Crippen molar-refractivity contribution in [2.24, 2.45) is 0 Å². The van der Waals surface area contributed by atoms with E-state index < -0.39 is 4.92 Å². The summed E-state index contributed by atoms with van der Waals surface area (Å²) in [6.45, 7) is 0.133. The zero-order valence-electron chi connectivity index (χ0n) is 14.4. The van der Waals surface area contributed by atoms with E-state index in [0.29, 0.717) is 13.0 Å². The molecular weight excluding hydrogens is 348 g/mol. The number of nitro groups is 1. The normalized spacial score (nSPS) is 10.4. The molecule has 27 heavy (non-hydrogen) atoms. The van der Waals surface area contributed by atoms with Gasteiger partial charge in [0.25, 0.3) is 5.91 Å². The molecule has 0 fully saturated rings. The van der Waals surface area contributed by atoms with E-state index in [-0.39, 0.29) is 24.0 Å². The van der Waals surface area contributed by atoms with Crippen molar-refractivity contribution in [1.29, 1.82) is 0 Å². The number of para-hydroxylation sites is 3. The Bertz CT molecular complexity index is 924. The summed E-state index contributed by atoms with van der Waals surface area (Å²) in [5, 5.41) is 17.9. The lowest BCUT2D eigenvalue weighted by molar-refractivity contribution is -0.385. The quantitative estimate of drug-likeness (QED) is 0.488. The first-order valence-electron chi connectivity index (χ1n) is 8.35. The number of nitro benzene ring substituents is 1. The Kier molecular flexibility index (Phi) is 5.78. The summed E-state index contributed by atoms with van der Waals surface area (Å²) in [4.78, 5) is 22.3. The third-order valence-electron chi connectivity index (χ3n) is 3.81. The molecule has 0 aliphatic rings. The highest BCUT2D eigenvalue weighted by molar-refractivity contribution is 5.77. The molecule has 3 rings (SSSR count). The van der Waals surface area contributed by atoms with Crippen molar-refractivity contribution in [3.63, 3.8) is 0 Å². The molecule has 8 nitrogen and oxygen atoms in total. The fourth-order valence-electron chi connectivity index (χ4n) is 2.48. The van der Waals surface area contributed by atoms with Gasteiger partial charge in [0.1, 0.15) is 0 Å². The van der Waals surface area contributed by atoms with E-state index in [4.69, 9.17) is 4.74 Å². The minimum Gasteiger partial charge on any atom is -0.477 e. The summed E-state index contributed by atoms with van der Waals surface area (Å²) < 4.78 is 7.03. The number of hydrogen-bond acceptors (Lipinski definition) is 5. The van der Waals surface area contributed by atoms with Crippen molar-refractivity contribution < 1.29 is 14.5 Å². The van der Waals surface area contributed by atoms with Gasteiger partial charge >= 0.3 is 5.69 Å². The molecule has 0 radical (unpaired) electrons. The zero-order chi connectivity index (χ0) is 19.1. The summed E-state index contributed by atoms with van der Waals surface area (Å²) in [6.07, 6.45) is 4.28. The van der Waals surface area contributed by atoms with Crippen LogP contribution < -0.4 is 10.1 Å². The highest BCUT2D eigenvalue weighted by Gasteiger charge is 2.14. The molecule has 0 saturated carbocycles. The van der Waals surface area contributed by atoms with Crippen LogP contribution in [0.15, 0.2) is 67.0 Å². The third kappa shape index (κ3) is 4.91. The van der Waals surface area contributed by atoms with Crippen LogP contribution in [-0.2, 0) is 11.2 Å². The maximum absolute atomic E-state index is 11.9. The fraction of sp³-hybridized carbons (Fsp3) is 0.158. The number of carbonyl (C=O) groups excluding carboxylic acids is 1. The Morgan fingerprint density at radius 3 is 2.67 bits per heavy atom. The van der Waals surface area contributed by atoms with E-state index in [1.54, 1.807) is 23.0 Å². The van der Waals surface area contributed by atoms with E-state index in [9.17, 15) is 14.9 Å². The smallest absolute Gasteiger partial charge is 0.310 e. The molecule has 1 aromatic heterocycles. The van der Waals surface area contributed by atoms with Crippen LogP contribution in [0.4, 0.5) is 5.69 Å². The molecule has 1 heterocycles.